The predicted molar refractivity (Wildman–Crippen MR) is 229 cm³/mol. The van der Waals surface area contributed by atoms with E-state index in [0.717, 1.165) is 38.5 Å². The summed E-state index contributed by atoms with van der Waals surface area (Å²) in [6.07, 6.45) is 44.3. The molecule has 326 valence electrons. The highest BCUT2D eigenvalue weighted by Gasteiger charge is 2.23. The molecule has 55 heavy (non-hydrogen) atoms. The SMILES string of the molecule is CCCCCCCC/C=C/CCCCCCCCCCCCCC(=O)OCC(O)COP(=O)(O)OCCNC(=O)CCCCCCCCCCCCCCC. The summed E-state index contributed by atoms with van der Waals surface area (Å²) in [4.78, 5) is 33.9. The van der Waals surface area contributed by atoms with Crippen molar-refractivity contribution in [2.75, 3.05) is 26.4 Å². The summed E-state index contributed by atoms with van der Waals surface area (Å²) in [5.41, 5.74) is 0. The molecule has 2 unspecified atom stereocenters. The summed E-state index contributed by atoms with van der Waals surface area (Å²) in [6, 6.07) is 0. The Labute approximate surface area is 338 Å². The van der Waals surface area contributed by atoms with Gasteiger partial charge in [0.15, 0.2) is 0 Å². The van der Waals surface area contributed by atoms with Crippen LogP contribution in [0.1, 0.15) is 232 Å². The molecule has 3 N–H and O–H groups in total. The van der Waals surface area contributed by atoms with Gasteiger partial charge in [-0.15, -0.1) is 0 Å². The van der Waals surface area contributed by atoms with Gasteiger partial charge in [-0.3, -0.25) is 18.6 Å². The molecule has 0 saturated heterocycles. The summed E-state index contributed by atoms with van der Waals surface area (Å²) >= 11 is 0. The molecule has 9 nitrogen and oxygen atoms in total. The molecule has 2 atom stereocenters. The first-order chi connectivity index (χ1) is 26.8. The molecule has 1 amide bonds. The molecule has 0 bridgehead atoms. The number of ether oxygens (including phenoxy) is 1. The molecule has 10 heteroatoms. The van der Waals surface area contributed by atoms with Crippen molar-refractivity contribution >= 4 is 19.7 Å². The Kier molecular flexibility index (Phi) is 41.4. The van der Waals surface area contributed by atoms with E-state index in [9.17, 15) is 24.2 Å². The maximum atomic E-state index is 12.1. The second-order valence-corrected chi connectivity index (χ2v) is 17.2. The van der Waals surface area contributed by atoms with Crippen LogP contribution >= 0.6 is 7.82 Å². The fourth-order valence-electron chi connectivity index (χ4n) is 6.67. The zero-order valence-corrected chi connectivity index (χ0v) is 36.8. The number of allylic oxidation sites excluding steroid dienone is 2. The number of carbonyl (C=O) groups excluding carboxylic acids is 2. The average molecular weight is 802 g/mol. The fraction of sp³-hybridized carbons (Fsp3) is 0.911. The van der Waals surface area contributed by atoms with Gasteiger partial charge >= 0.3 is 13.8 Å². The highest BCUT2D eigenvalue weighted by Crippen LogP contribution is 2.42. The summed E-state index contributed by atoms with van der Waals surface area (Å²) in [5, 5.41) is 12.7. The number of nitrogens with one attached hydrogen (secondary N) is 1. The van der Waals surface area contributed by atoms with Crippen LogP contribution in [0, 0.1) is 0 Å². The molecule has 0 spiro atoms. The third-order valence-corrected chi connectivity index (χ3v) is 11.2. The Bertz CT molecular complexity index is 917. The van der Waals surface area contributed by atoms with Crippen LogP contribution in [-0.4, -0.2) is 54.3 Å². The van der Waals surface area contributed by atoms with E-state index in [4.69, 9.17) is 13.8 Å². The Balaban J connectivity index is 3.54. The van der Waals surface area contributed by atoms with Crippen LogP contribution in [0.5, 0.6) is 0 Å². The van der Waals surface area contributed by atoms with E-state index in [2.05, 4.69) is 31.3 Å². The first kappa shape index (κ1) is 53.8. The zero-order valence-electron chi connectivity index (χ0n) is 35.9. The molecular formula is C45H88NO8P. The number of phosphoric acid groups is 1. The minimum atomic E-state index is -4.41. The number of unbranched alkanes of at least 4 members (excludes halogenated alkanes) is 29. The van der Waals surface area contributed by atoms with Gasteiger partial charge in [-0.05, 0) is 38.5 Å². The number of esters is 1. The van der Waals surface area contributed by atoms with E-state index in [-0.39, 0.29) is 32.1 Å². The van der Waals surface area contributed by atoms with Gasteiger partial charge < -0.3 is 20.1 Å². The van der Waals surface area contributed by atoms with Crippen LogP contribution in [-0.2, 0) is 27.9 Å². The number of hydrogen-bond acceptors (Lipinski definition) is 7. The van der Waals surface area contributed by atoms with Gasteiger partial charge in [-0.2, -0.15) is 0 Å². The number of aliphatic hydroxyl groups excluding tert-OH is 1. The lowest BCUT2D eigenvalue weighted by Crippen LogP contribution is -2.27. The van der Waals surface area contributed by atoms with Gasteiger partial charge in [0, 0.05) is 19.4 Å². The van der Waals surface area contributed by atoms with Crippen molar-refractivity contribution < 1.29 is 37.9 Å². The van der Waals surface area contributed by atoms with Crippen LogP contribution in [0.2, 0.25) is 0 Å². The van der Waals surface area contributed by atoms with Gasteiger partial charge in [0.1, 0.15) is 12.7 Å². The van der Waals surface area contributed by atoms with E-state index >= 15 is 0 Å². The topological polar surface area (TPSA) is 131 Å². The van der Waals surface area contributed by atoms with Crippen molar-refractivity contribution in [3.05, 3.63) is 12.2 Å². The van der Waals surface area contributed by atoms with Crippen molar-refractivity contribution in [3.8, 4) is 0 Å². The number of amides is 1. The second-order valence-electron chi connectivity index (χ2n) is 15.7. The molecule has 0 heterocycles. The first-order valence-corrected chi connectivity index (χ1v) is 24.7. The zero-order chi connectivity index (χ0) is 40.3. The molecule has 0 aliphatic rings. The van der Waals surface area contributed by atoms with E-state index in [1.807, 2.05) is 0 Å². The van der Waals surface area contributed by atoms with Crippen molar-refractivity contribution in [3.63, 3.8) is 0 Å². The monoisotopic (exact) mass is 802 g/mol. The minimum absolute atomic E-state index is 0.0865. The van der Waals surface area contributed by atoms with Crippen molar-refractivity contribution in [2.24, 2.45) is 0 Å². The normalized spacial score (nSPS) is 13.3. The molecule has 0 radical (unpaired) electrons. The molecule has 0 rings (SSSR count). The number of aliphatic hydroxyl groups is 1. The maximum Gasteiger partial charge on any atom is 0.472 e. The highest BCUT2D eigenvalue weighted by molar-refractivity contribution is 7.47. The summed E-state index contributed by atoms with van der Waals surface area (Å²) in [5.74, 6) is -0.507. The Morgan fingerprint density at radius 3 is 1.36 bits per heavy atom. The standard InChI is InChI=1S/C45H88NO8P/c1-3-5-7-9-11-13-15-17-18-19-20-21-22-23-24-26-28-30-32-34-36-38-45(49)52-41-43(47)42-54-55(50,51)53-40-39-46-44(48)37-35-33-31-29-27-25-16-14-12-10-8-6-4-2/h17-18,43,47H,3-16,19-42H2,1-2H3,(H,46,48)(H,50,51)/b18-17+. The molecule has 0 aliphatic heterocycles. The Morgan fingerprint density at radius 2 is 0.927 bits per heavy atom. The Hall–Kier alpha value is -1.25. The third-order valence-electron chi connectivity index (χ3n) is 10.2. The fourth-order valence-corrected chi connectivity index (χ4v) is 7.43. The smallest absolute Gasteiger partial charge is 0.463 e. The maximum absolute atomic E-state index is 12.1. The van der Waals surface area contributed by atoms with Gasteiger partial charge in [0.05, 0.1) is 13.2 Å². The molecule has 0 aromatic heterocycles. The summed E-state index contributed by atoms with van der Waals surface area (Å²) in [6.45, 7) is 3.58. The first-order valence-electron chi connectivity index (χ1n) is 23.2. The number of hydrogen-bond donors (Lipinski definition) is 3. The minimum Gasteiger partial charge on any atom is -0.463 e. The largest absolute Gasteiger partial charge is 0.472 e. The van der Waals surface area contributed by atoms with Crippen LogP contribution in [0.15, 0.2) is 12.2 Å². The molecule has 0 fully saturated rings. The van der Waals surface area contributed by atoms with Crippen molar-refractivity contribution in [1.82, 2.24) is 5.32 Å². The molecular weight excluding hydrogens is 713 g/mol. The molecule has 0 aliphatic carbocycles. The van der Waals surface area contributed by atoms with Gasteiger partial charge in [-0.1, -0.05) is 193 Å². The van der Waals surface area contributed by atoms with Crippen molar-refractivity contribution in [2.45, 2.75) is 238 Å². The van der Waals surface area contributed by atoms with Crippen molar-refractivity contribution in [1.29, 1.82) is 0 Å². The second kappa shape index (κ2) is 42.4. The van der Waals surface area contributed by atoms with Crippen LogP contribution in [0.25, 0.3) is 0 Å². The van der Waals surface area contributed by atoms with E-state index in [1.54, 1.807) is 0 Å². The van der Waals surface area contributed by atoms with Gasteiger partial charge in [0.25, 0.3) is 0 Å². The van der Waals surface area contributed by atoms with Gasteiger partial charge in [-0.25, -0.2) is 4.57 Å². The number of rotatable bonds is 44. The van der Waals surface area contributed by atoms with Crippen LogP contribution < -0.4 is 5.32 Å². The Morgan fingerprint density at radius 1 is 0.545 bits per heavy atom. The summed E-state index contributed by atoms with van der Waals surface area (Å²) < 4.78 is 26.9. The van der Waals surface area contributed by atoms with E-state index in [0.29, 0.717) is 6.42 Å². The van der Waals surface area contributed by atoms with E-state index < -0.39 is 26.5 Å². The van der Waals surface area contributed by atoms with E-state index in [1.165, 1.54) is 167 Å². The quantitative estimate of drug-likeness (QED) is 0.0240. The lowest BCUT2D eigenvalue weighted by atomic mass is 10.0. The highest BCUT2D eigenvalue weighted by atomic mass is 31.2. The predicted octanol–water partition coefficient (Wildman–Crippen LogP) is 13.0. The number of phosphoric ester groups is 1. The molecule has 0 aromatic rings. The number of carbonyl (C=O) groups is 2. The average Bonchev–Trinajstić information content (AvgIpc) is 3.17. The van der Waals surface area contributed by atoms with Gasteiger partial charge in [0.2, 0.25) is 5.91 Å². The van der Waals surface area contributed by atoms with Crippen LogP contribution in [0.4, 0.5) is 0 Å². The molecule has 0 aromatic carbocycles. The molecule has 0 saturated carbocycles. The lowest BCUT2D eigenvalue weighted by Gasteiger charge is -2.15. The van der Waals surface area contributed by atoms with Crippen LogP contribution in [0.3, 0.4) is 0 Å². The summed E-state index contributed by atoms with van der Waals surface area (Å²) in [7, 11) is -4.41. The lowest BCUT2D eigenvalue weighted by molar-refractivity contribution is -0.147. The third kappa shape index (κ3) is 43.7.